The second kappa shape index (κ2) is 15.3. The third-order valence-corrected chi connectivity index (χ3v) is 6.18. The monoisotopic (exact) mass is 657 g/mol. The number of hydrogen-bond donors (Lipinski definition) is 4. The zero-order valence-electron chi connectivity index (χ0n) is 20.5. The van der Waals surface area contributed by atoms with Gasteiger partial charge >= 0.3 is 57.8 Å². The minimum absolute atomic E-state index is 0. The summed E-state index contributed by atoms with van der Waals surface area (Å²) in [5, 5.41) is 28.8. The van der Waals surface area contributed by atoms with Crippen molar-refractivity contribution in [3.63, 3.8) is 0 Å². The molecule has 1 aliphatic rings. The van der Waals surface area contributed by atoms with Crippen LogP contribution in [0.5, 0.6) is 0 Å². The predicted molar refractivity (Wildman–Crippen MR) is 132 cm³/mol. The van der Waals surface area contributed by atoms with Crippen LogP contribution in [0.1, 0.15) is 23.4 Å². The van der Waals surface area contributed by atoms with E-state index in [9.17, 15) is 29.7 Å². The Morgan fingerprint density at radius 3 is 2.03 bits per heavy atom. The Hall–Kier alpha value is -2.22. The van der Waals surface area contributed by atoms with Gasteiger partial charge < -0.3 is 21.1 Å². The van der Waals surface area contributed by atoms with Gasteiger partial charge in [-0.1, -0.05) is 18.2 Å². The number of nitrogen functional groups attached to an aromatic ring is 1. The Morgan fingerprint density at radius 2 is 1.41 bits per heavy atom. The van der Waals surface area contributed by atoms with Crippen molar-refractivity contribution in [3.8, 4) is 0 Å². The maximum absolute atomic E-state index is 12.3. The van der Waals surface area contributed by atoms with Gasteiger partial charge in [-0.05, 0) is 42.7 Å². The van der Waals surface area contributed by atoms with Crippen LogP contribution in [0.15, 0.2) is 42.5 Å². The van der Waals surface area contributed by atoms with Gasteiger partial charge in [0, 0.05) is 45.0 Å². The van der Waals surface area contributed by atoms with E-state index in [1.807, 2.05) is 29.2 Å². The summed E-state index contributed by atoms with van der Waals surface area (Å²) < 4.78 is 0. The van der Waals surface area contributed by atoms with Gasteiger partial charge in [0.2, 0.25) is 0 Å². The Balaban J connectivity index is 0.00000481. The van der Waals surface area contributed by atoms with Gasteiger partial charge in [0.15, 0.2) is 0 Å². The Labute approximate surface area is 247 Å². The van der Waals surface area contributed by atoms with Crippen molar-refractivity contribution in [1.82, 2.24) is 19.7 Å². The molecule has 1 radical (unpaired) electrons. The molecule has 199 valence electrons. The number of aromatic nitrogens is 1. The molecule has 0 saturated heterocycles. The van der Waals surface area contributed by atoms with Gasteiger partial charge in [-0.2, -0.15) is 0 Å². The minimum Gasteiger partial charge on any atom is -0.480 e. The van der Waals surface area contributed by atoms with E-state index in [1.54, 1.807) is 28.0 Å². The van der Waals surface area contributed by atoms with Crippen LogP contribution in [0, 0.1) is 39.9 Å². The number of carboxylic acids is 3. The van der Waals surface area contributed by atoms with Gasteiger partial charge in [-0.3, -0.25) is 34.1 Å². The molecule has 1 atom stereocenters. The van der Waals surface area contributed by atoms with Crippen molar-refractivity contribution in [2.45, 2.75) is 32.0 Å². The summed E-state index contributed by atoms with van der Waals surface area (Å²) in [6.45, 7) is 1.45. The summed E-state index contributed by atoms with van der Waals surface area (Å²) in [5.74, 6) is -2.92. The maximum atomic E-state index is 12.3. The third-order valence-electron chi connectivity index (χ3n) is 6.18. The van der Waals surface area contributed by atoms with E-state index in [-0.39, 0.29) is 59.6 Å². The van der Waals surface area contributed by atoms with E-state index in [2.05, 4.69) is 4.98 Å². The first-order chi connectivity index (χ1) is 17.2. The van der Waals surface area contributed by atoms with E-state index in [0.717, 1.165) is 5.56 Å². The van der Waals surface area contributed by atoms with Crippen LogP contribution in [0.3, 0.4) is 0 Å². The van der Waals surface area contributed by atoms with Crippen LogP contribution in [0.4, 0.5) is 5.69 Å². The Bertz CT molecular complexity index is 1050. The van der Waals surface area contributed by atoms with Crippen molar-refractivity contribution in [1.29, 1.82) is 0 Å². The number of carboxylic acid groups (broad SMARTS) is 3. The summed E-state index contributed by atoms with van der Waals surface area (Å²) in [4.78, 5) is 45.1. The van der Waals surface area contributed by atoms with Gasteiger partial charge in [0.25, 0.3) is 0 Å². The number of fused-ring (bicyclic) bond motifs is 2. The molecule has 1 aliphatic heterocycles. The molecule has 2 aromatic rings. The summed E-state index contributed by atoms with van der Waals surface area (Å²) in [6, 6.07) is 12.0. The van der Waals surface area contributed by atoms with Crippen LogP contribution < -0.4 is 5.73 Å². The largest absolute Gasteiger partial charge is 3.00 e. The molecule has 1 aromatic carbocycles. The molecule has 12 heteroatoms. The number of benzene rings is 1. The number of nitrogens with zero attached hydrogens (tertiary/aromatic N) is 4. The fraction of sp³-hybridized carbons (Fsp3) is 0.440. The fourth-order valence-electron chi connectivity index (χ4n) is 4.36. The molecule has 1 aromatic heterocycles. The van der Waals surface area contributed by atoms with Gasteiger partial charge in [-0.25, -0.2) is 0 Å². The molecule has 2 bridgehead atoms. The standard InChI is InChI=1S/C25H33N5O6.Gd/c26-19-7-4-18(5-8-19)6-9-22(25(35)36)30-13-12-28(16-23(31)32)10-11-29(17-24(33)34)14-20-2-1-3-21(15-30)27-20;/h1-5,7-8,22H,6,9-17,26H2,(H,31,32)(H,33,34)(H,35,36);/q;+3. The first-order valence-electron chi connectivity index (χ1n) is 11.8. The number of rotatable bonds is 9. The maximum Gasteiger partial charge on any atom is 3.00 e. The molecule has 3 rings (SSSR count). The van der Waals surface area contributed by atoms with E-state index in [0.29, 0.717) is 62.6 Å². The molecule has 5 N–H and O–H groups in total. The zero-order valence-corrected chi connectivity index (χ0v) is 22.7. The quantitative estimate of drug-likeness (QED) is 0.283. The molecule has 1 unspecified atom stereocenters. The molecule has 2 heterocycles. The van der Waals surface area contributed by atoms with Gasteiger partial charge in [0.1, 0.15) is 6.04 Å². The first kappa shape index (κ1) is 31.0. The number of hydrogen-bond acceptors (Lipinski definition) is 8. The topological polar surface area (TPSA) is 161 Å². The van der Waals surface area contributed by atoms with Crippen LogP contribution in [-0.4, -0.2) is 98.2 Å². The van der Waals surface area contributed by atoms with E-state index in [1.165, 1.54) is 0 Å². The SMILES string of the molecule is Nc1ccc(CCC(C(=O)O)N2CCN(CC(=O)O)CCN(CC(=O)O)Cc3cccc(n3)C2)cc1.[Gd+3]. The number of nitrogens with two attached hydrogens (primary N) is 1. The van der Waals surface area contributed by atoms with E-state index < -0.39 is 23.9 Å². The second-order valence-electron chi connectivity index (χ2n) is 9.00. The van der Waals surface area contributed by atoms with Gasteiger partial charge in [-0.15, -0.1) is 0 Å². The molecular formula is C25H33GdN5O6+3. The van der Waals surface area contributed by atoms with Gasteiger partial charge in [0.05, 0.1) is 24.5 Å². The second-order valence-corrected chi connectivity index (χ2v) is 9.00. The number of aliphatic carboxylic acids is 3. The van der Waals surface area contributed by atoms with Crippen LogP contribution in [-0.2, 0) is 33.9 Å². The number of carbonyl (C=O) groups is 3. The molecule has 37 heavy (non-hydrogen) atoms. The molecule has 0 spiro atoms. The zero-order chi connectivity index (χ0) is 26.1. The predicted octanol–water partition coefficient (Wildman–Crippen LogP) is 0.839. The molecule has 11 nitrogen and oxygen atoms in total. The first-order valence-corrected chi connectivity index (χ1v) is 11.8. The van der Waals surface area contributed by atoms with Crippen molar-refractivity contribution in [2.24, 2.45) is 0 Å². The van der Waals surface area contributed by atoms with Crippen LogP contribution in [0.2, 0.25) is 0 Å². The summed E-state index contributed by atoms with van der Waals surface area (Å²) in [6.07, 6.45) is 0.911. The fourth-order valence-corrected chi connectivity index (χ4v) is 4.36. The number of aryl methyl sites for hydroxylation is 1. The summed E-state index contributed by atoms with van der Waals surface area (Å²) in [7, 11) is 0. The normalized spacial score (nSPS) is 16.5. The average Bonchev–Trinajstić information content (AvgIpc) is 2.80. The Morgan fingerprint density at radius 1 is 0.838 bits per heavy atom. The number of anilines is 1. The third kappa shape index (κ3) is 10.6. The van der Waals surface area contributed by atoms with Crippen LogP contribution in [0.25, 0.3) is 0 Å². The van der Waals surface area contributed by atoms with E-state index in [4.69, 9.17) is 5.73 Å². The minimum atomic E-state index is -0.997. The summed E-state index contributed by atoms with van der Waals surface area (Å²) in [5.41, 5.74) is 8.72. The average molecular weight is 657 g/mol. The molecular weight excluding hydrogens is 624 g/mol. The molecule has 0 aliphatic carbocycles. The molecule has 0 amide bonds. The van der Waals surface area contributed by atoms with Crippen molar-refractivity contribution >= 4 is 23.6 Å². The van der Waals surface area contributed by atoms with Crippen molar-refractivity contribution in [2.75, 3.05) is 45.0 Å². The van der Waals surface area contributed by atoms with E-state index >= 15 is 0 Å². The van der Waals surface area contributed by atoms with Crippen molar-refractivity contribution in [3.05, 3.63) is 59.4 Å². The smallest absolute Gasteiger partial charge is 0.480 e. The van der Waals surface area contributed by atoms with Crippen LogP contribution >= 0.6 is 0 Å². The molecule has 0 saturated carbocycles. The summed E-state index contributed by atoms with van der Waals surface area (Å²) >= 11 is 0. The Kier molecular flexibility index (Phi) is 12.8. The number of pyridine rings is 1. The molecule has 0 fully saturated rings. The van der Waals surface area contributed by atoms with Crippen molar-refractivity contribution < 1.29 is 69.6 Å².